The van der Waals surface area contributed by atoms with Crippen molar-refractivity contribution in [2.24, 2.45) is 5.73 Å². The molecule has 0 radical (unpaired) electrons. The quantitative estimate of drug-likeness (QED) is 0.909. The molecule has 23 heavy (non-hydrogen) atoms. The number of carbonyl (C=O) groups excluding carboxylic acids is 1. The number of likely N-dealkylation sites (tertiary alicyclic amines) is 1. The highest BCUT2D eigenvalue weighted by Gasteiger charge is 2.32. The highest BCUT2D eigenvalue weighted by Crippen LogP contribution is 2.33. The summed E-state index contributed by atoms with van der Waals surface area (Å²) in [6.07, 6.45) is 0.126. The van der Waals surface area contributed by atoms with Crippen LogP contribution in [-0.4, -0.2) is 28.6 Å². The number of hydrogen-bond acceptors (Lipinski definition) is 3. The third-order valence-electron chi connectivity index (χ3n) is 4.21. The summed E-state index contributed by atoms with van der Waals surface area (Å²) in [4.78, 5) is 13.4. The van der Waals surface area contributed by atoms with Crippen LogP contribution in [-0.2, 0) is 6.54 Å². The number of amides is 1. The summed E-state index contributed by atoms with van der Waals surface area (Å²) in [5.41, 5.74) is 7.57. The maximum Gasteiger partial charge on any atom is 0.248 e. The first-order valence-electron chi connectivity index (χ1n) is 7.59. The Morgan fingerprint density at radius 3 is 2.78 bits per heavy atom. The Morgan fingerprint density at radius 2 is 2.04 bits per heavy atom. The topological polar surface area (TPSA) is 66.6 Å². The lowest BCUT2D eigenvalue weighted by molar-refractivity contribution is 0.1000. The summed E-state index contributed by atoms with van der Waals surface area (Å²) < 4.78 is 13.5. The van der Waals surface area contributed by atoms with Crippen LogP contribution in [0.5, 0.6) is 0 Å². The molecule has 3 N–H and O–H groups in total. The first kappa shape index (κ1) is 15.6. The van der Waals surface area contributed by atoms with Gasteiger partial charge in [-0.25, -0.2) is 4.39 Å². The minimum atomic E-state index is -0.463. The second kappa shape index (κ2) is 6.48. The Morgan fingerprint density at radius 1 is 1.26 bits per heavy atom. The van der Waals surface area contributed by atoms with Crippen LogP contribution >= 0.6 is 0 Å². The molecule has 2 aromatic carbocycles. The molecule has 0 aliphatic carbocycles. The second-order valence-electron chi connectivity index (χ2n) is 5.95. The fourth-order valence-electron chi connectivity index (χ4n) is 3.17. The van der Waals surface area contributed by atoms with Crippen molar-refractivity contribution in [2.75, 3.05) is 6.54 Å². The standard InChI is InChI=1S/C18H19FN2O2/c19-15-6-2-4-13(8-15)17-9-16(22)11-21(17)10-12-3-1-5-14(7-12)18(20)23/h1-8,16-17,22H,9-11H2,(H2,20,23)/t16-,17-/m1/s1. The molecule has 1 saturated heterocycles. The van der Waals surface area contributed by atoms with Gasteiger partial charge in [-0.15, -0.1) is 0 Å². The fraction of sp³-hybridized carbons (Fsp3) is 0.278. The van der Waals surface area contributed by atoms with Gasteiger partial charge < -0.3 is 10.8 Å². The van der Waals surface area contributed by atoms with Crippen LogP contribution in [0.1, 0.15) is 33.9 Å². The van der Waals surface area contributed by atoms with E-state index in [-0.39, 0.29) is 11.9 Å². The van der Waals surface area contributed by atoms with Crippen LogP contribution < -0.4 is 5.73 Å². The van der Waals surface area contributed by atoms with E-state index in [9.17, 15) is 14.3 Å². The minimum Gasteiger partial charge on any atom is -0.392 e. The number of halogens is 1. The van der Waals surface area contributed by atoms with E-state index >= 15 is 0 Å². The monoisotopic (exact) mass is 314 g/mol. The number of rotatable bonds is 4. The second-order valence-corrected chi connectivity index (χ2v) is 5.95. The van der Waals surface area contributed by atoms with Crippen LogP contribution in [0.2, 0.25) is 0 Å². The predicted octanol–water partition coefficient (Wildman–Crippen LogP) is 2.23. The van der Waals surface area contributed by atoms with Crippen molar-refractivity contribution in [3.63, 3.8) is 0 Å². The van der Waals surface area contributed by atoms with E-state index < -0.39 is 12.0 Å². The van der Waals surface area contributed by atoms with Crippen LogP contribution in [0.15, 0.2) is 48.5 Å². The first-order chi connectivity index (χ1) is 11.0. The van der Waals surface area contributed by atoms with E-state index in [0.29, 0.717) is 25.1 Å². The Hall–Kier alpha value is -2.24. The summed E-state index contributed by atoms with van der Waals surface area (Å²) in [7, 11) is 0. The van der Waals surface area contributed by atoms with E-state index in [1.54, 1.807) is 24.3 Å². The molecule has 0 saturated carbocycles. The molecule has 1 fully saturated rings. The molecule has 5 heteroatoms. The van der Waals surface area contributed by atoms with Gasteiger partial charge in [-0.3, -0.25) is 9.69 Å². The lowest BCUT2D eigenvalue weighted by Crippen LogP contribution is -2.24. The third kappa shape index (κ3) is 3.57. The van der Waals surface area contributed by atoms with Gasteiger partial charge in [0.2, 0.25) is 5.91 Å². The summed E-state index contributed by atoms with van der Waals surface area (Å²) >= 11 is 0. The molecule has 0 spiro atoms. The zero-order valence-corrected chi connectivity index (χ0v) is 12.7. The average Bonchev–Trinajstić information content (AvgIpc) is 2.88. The molecule has 0 unspecified atom stereocenters. The van der Waals surface area contributed by atoms with Crippen LogP contribution in [0.25, 0.3) is 0 Å². The highest BCUT2D eigenvalue weighted by molar-refractivity contribution is 5.92. The zero-order chi connectivity index (χ0) is 16.4. The van der Waals surface area contributed by atoms with Gasteiger partial charge in [-0.1, -0.05) is 24.3 Å². The Bertz CT molecular complexity index is 720. The smallest absolute Gasteiger partial charge is 0.248 e. The number of benzene rings is 2. The summed E-state index contributed by atoms with van der Waals surface area (Å²) in [6.45, 7) is 1.08. The van der Waals surface area contributed by atoms with Gasteiger partial charge in [0.25, 0.3) is 0 Å². The van der Waals surface area contributed by atoms with E-state index in [1.165, 1.54) is 12.1 Å². The minimum absolute atomic E-state index is 0.0436. The molecule has 2 aromatic rings. The van der Waals surface area contributed by atoms with Crippen LogP contribution in [0.4, 0.5) is 4.39 Å². The van der Waals surface area contributed by atoms with Crippen molar-refractivity contribution in [2.45, 2.75) is 25.1 Å². The fourth-order valence-corrected chi connectivity index (χ4v) is 3.17. The summed E-state index contributed by atoms with van der Waals surface area (Å²) in [5, 5.41) is 10.0. The van der Waals surface area contributed by atoms with E-state index in [2.05, 4.69) is 4.90 Å². The Balaban J connectivity index is 1.83. The summed E-state index contributed by atoms with van der Waals surface area (Å²) in [5.74, 6) is -0.741. The van der Waals surface area contributed by atoms with Crippen molar-refractivity contribution in [3.05, 3.63) is 71.0 Å². The van der Waals surface area contributed by atoms with Gasteiger partial charge in [0.1, 0.15) is 5.82 Å². The normalized spacial score (nSPS) is 21.5. The lowest BCUT2D eigenvalue weighted by Gasteiger charge is -2.24. The number of carbonyl (C=O) groups is 1. The average molecular weight is 314 g/mol. The van der Waals surface area contributed by atoms with Crippen LogP contribution in [0.3, 0.4) is 0 Å². The van der Waals surface area contributed by atoms with Crippen molar-refractivity contribution in [3.8, 4) is 0 Å². The SMILES string of the molecule is NC(=O)c1cccc(CN2C[C@H](O)C[C@@H]2c2cccc(F)c2)c1. The molecule has 2 atom stereocenters. The van der Waals surface area contributed by atoms with Crippen molar-refractivity contribution >= 4 is 5.91 Å². The van der Waals surface area contributed by atoms with Gasteiger partial charge >= 0.3 is 0 Å². The molecule has 1 aliphatic heterocycles. The number of β-amino-alcohol motifs (C(OH)–C–C–N with tert-alkyl or cyclic N) is 1. The van der Waals surface area contributed by atoms with E-state index in [4.69, 9.17) is 5.73 Å². The molecular formula is C18H19FN2O2. The molecule has 1 amide bonds. The number of nitrogens with two attached hydrogens (primary N) is 1. The Kier molecular flexibility index (Phi) is 4.41. The number of aliphatic hydroxyl groups excluding tert-OH is 1. The van der Waals surface area contributed by atoms with Crippen molar-refractivity contribution < 1.29 is 14.3 Å². The molecule has 1 heterocycles. The zero-order valence-electron chi connectivity index (χ0n) is 12.7. The van der Waals surface area contributed by atoms with Crippen molar-refractivity contribution in [1.29, 1.82) is 0 Å². The van der Waals surface area contributed by atoms with Gasteiger partial charge in [0.15, 0.2) is 0 Å². The largest absolute Gasteiger partial charge is 0.392 e. The maximum absolute atomic E-state index is 13.5. The maximum atomic E-state index is 13.5. The van der Waals surface area contributed by atoms with Gasteiger partial charge in [0, 0.05) is 24.7 Å². The molecule has 3 rings (SSSR count). The molecular weight excluding hydrogens is 295 g/mol. The van der Waals surface area contributed by atoms with Crippen LogP contribution in [0, 0.1) is 5.82 Å². The predicted molar refractivity (Wildman–Crippen MR) is 85.1 cm³/mol. The Labute approximate surface area is 134 Å². The highest BCUT2D eigenvalue weighted by atomic mass is 19.1. The molecule has 4 nitrogen and oxygen atoms in total. The first-order valence-corrected chi connectivity index (χ1v) is 7.59. The molecule has 120 valence electrons. The van der Waals surface area contributed by atoms with E-state index in [1.807, 2.05) is 12.1 Å². The molecule has 0 aromatic heterocycles. The van der Waals surface area contributed by atoms with Gasteiger partial charge in [-0.2, -0.15) is 0 Å². The van der Waals surface area contributed by atoms with Crippen molar-refractivity contribution in [1.82, 2.24) is 4.90 Å². The third-order valence-corrected chi connectivity index (χ3v) is 4.21. The molecule has 0 bridgehead atoms. The number of hydrogen-bond donors (Lipinski definition) is 2. The van der Waals surface area contributed by atoms with Gasteiger partial charge in [-0.05, 0) is 41.8 Å². The number of aliphatic hydroxyl groups is 1. The number of primary amides is 1. The summed E-state index contributed by atoms with van der Waals surface area (Å²) in [6, 6.07) is 13.6. The van der Waals surface area contributed by atoms with Gasteiger partial charge in [0.05, 0.1) is 6.10 Å². The molecule has 1 aliphatic rings. The number of nitrogens with zero attached hydrogens (tertiary/aromatic N) is 1. The van der Waals surface area contributed by atoms with E-state index in [0.717, 1.165) is 11.1 Å². The lowest BCUT2D eigenvalue weighted by atomic mass is 10.0.